The van der Waals surface area contributed by atoms with Gasteiger partial charge in [-0.15, -0.1) is 0 Å². The van der Waals surface area contributed by atoms with Crippen molar-refractivity contribution in [2.45, 2.75) is 20.3 Å². The van der Waals surface area contributed by atoms with E-state index < -0.39 is 27.7 Å². The number of hydrogen-bond acceptors (Lipinski definition) is 3. The number of nitrogens with zero attached hydrogens (tertiary/aromatic N) is 1. The summed E-state index contributed by atoms with van der Waals surface area (Å²) in [7, 11) is 0. The summed E-state index contributed by atoms with van der Waals surface area (Å²) in [4.78, 5) is 9.67. The summed E-state index contributed by atoms with van der Waals surface area (Å²) >= 11 is 0. The molecule has 6 heteroatoms. The Morgan fingerprint density at radius 3 is 2.47 bits per heavy atom. The summed E-state index contributed by atoms with van der Waals surface area (Å²) < 4.78 is 27.2. The van der Waals surface area contributed by atoms with Gasteiger partial charge < -0.3 is 5.73 Å². The van der Waals surface area contributed by atoms with Gasteiger partial charge in [-0.3, -0.25) is 10.1 Å². The average Bonchev–Trinajstić information content (AvgIpc) is 2.23. The minimum Gasteiger partial charge on any atom is -0.330 e. The van der Waals surface area contributed by atoms with Gasteiger partial charge in [-0.25, -0.2) is 4.39 Å². The second-order valence-corrected chi connectivity index (χ2v) is 4.66. The standard InChI is InChI=1S/C11H14F2N2O2/c1-11(2,6-14)5-7-8(12)3-4-9(10(7)13)15(16)17/h3-4H,5-6,14H2,1-2H3. The van der Waals surface area contributed by atoms with E-state index in [1.165, 1.54) is 0 Å². The van der Waals surface area contributed by atoms with Crippen LogP contribution in [0.5, 0.6) is 0 Å². The quantitative estimate of drug-likeness (QED) is 0.653. The number of nitro groups is 1. The molecule has 0 unspecified atom stereocenters. The fraction of sp³-hybridized carbons (Fsp3) is 0.455. The van der Waals surface area contributed by atoms with Crippen molar-refractivity contribution in [1.29, 1.82) is 0 Å². The summed E-state index contributed by atoms with van der Waals surface area (Å²) in [6.07, 6.45) is 0.0167. The molecule has 0 heterocycles. The van der Waals surface area contributed by atoms with Crippen molar-refractivity contribution in [3.05, 3.63) is 39.4 Å². The van der Waals surface area contributed by atoms with Crippen LogP contribution in [0.15, 0.2) is 12.1 Å². The summed E-state index contributed by atoms with van der Waals surface area (Å²) in [5, 5.41) is 10.5. The maximum atomic E-state index is 13.7. The van der Waals surface area contributed by atoms with E-state index in [1.807, 2.05) is 0 Å². The molecule has 0 aliphatic carbocycles. The lowest BCUT2D eigenvalue weighted by Gasteiger charge is -2.22. The SMILES string of the molecule is CC(C)(CN)Cc1c(F)ccc([N+](=O)[O-])c1F. The first-order chi connectivity index (χ1) is 7.78. The van der Waals surface area contributed by atoms with E-state index in [9.17, 15) is 18.9 Å². The van der Waals surface area contributed by atoms with Crippen LogP contribution in [0.25, 0.3) is 0 Å². The van der Waals surface area contributed by atoms with Gasteiger partial charge in [-0.2, -0.15) is 4.39 Å². The maximum absolute atomic E-state index is 13.7. The van der Waals surface area contributed by atoms with Crippen molar-refractivity contribution in [2.75, 3.05) is 6.54 Å². The Morgan fingerprint density at radius 2 is 2.00 bits per heavy atom. The molecule has 0 fully saturated rings. The molecule has 0 saturated heterocycles. The minimum atomic E-state index is -1.11. The molecule has 4 nitrogen and oxygen atoms in total. The van der Waals surface area contributed by atoms with Crippen LogP contribution in [0, 0.1) is 27.2 Å². The Balaban J connectivity index is 3.23. The largest absolute Gasteiger partial charge is 0.330 e. The molecule has 2 N–H and O–H groups in total. The number of benzene rings is 1. The van der Waals surface area contributed by atoms with E-state index in [1.54, 1.807) is 13.8 Å². The highest BCUT2D eigenvalue weighted by atomic mass is 19.1. The van der Waals surface area contributed by atoms with Crippen LogP contribution in [0.4, 0.5) is 14.5 Å². The number of hydrogen-bond donors (Lipinski definition) is 1. The molecule has 1 aromatic rings. The van der Waals surface area contributed by atoms with Crippen molar-refractivity contribution in [3.63, 3.8) is 0 Å². The third kappa shape index (κ3) is 2.97. The molecule has 0 aromatic heterocycles. The lowest BCUT2D eigenvalue weighted by atomic mass is 9.85. The van der Waals surface area contributed by atoms with Gasteiger partial charge in [0.1, 0.15) is 5.82 Å². The molecule has 1 aromatic carbocycles. The van der Waals surface area contributed by atoms with Gasteiger partial charge in [-0.05, 0) is 24.4 Å². The number of rotatable bonds is 4. The van der Waals surface area contributed by atoms with Gasteiger partial charge in [0.05, 0.1) is 4.92 Å². The molecule has 94 valence electrons. The van der Waals surface area contributed by atoms with Crippen molar-refractivity contribution in [1.82, 2.24) is 0 Å². The first-order valence-corrected chi connectivity index (χ1v) is 5.10. The molecule has 0 bridgehead atoms. The normalized spacial score (nSPS) is 11.6. The molecule has 0 saturated carbocycles. The zero-order valence-corrected chi connectivity index (χ0v) is 9.67. The van der Waals surface area contributed by atoms with Crippen molar-refractivity contribution in [2.24, 2.45) is 11.1 Å². The van der Waals surface area contributed by atoms with E-state index in [-0.39, 0.29) is 18.5 Å². The van der Waals surface area contributed by atoms with Crippen molar-refractivity contribution >= 4 is 5.69 Å². The van der Waals surface area contributed by atoms with E-state index >= 15 is 0 Å². The molecular weight excluding hydrogens is 230 g/mol. The van der Waals surface area contributed by atoms with Gasteiger partial charge in [0.25, 0.3) is 0 Å². The summed E-state index contributed by atoms with van der Waals surface area (Å²) in [5.74, 6) is -1.90. The first-order valence-electron chi connectivity index (χ1n) is 5.10. The molecule has 0 spiro atoms. The molecule has 0 radical (unpaired) electrons. The van der Waals surface area contributed by atoms with Gasteiger partial charge in [0.2, 0.25) is 5.82 Å². The molecule has 0 atom stereocenters. The topological polar surface area (TPSA) is 69.2 Å². The van der Waals surface area contributed by atoms with Gasteiger partial charge in [-0.1, -0.05) is 13.8 Å². The molecule has 0 aliphatic rings. The second kappa shape index (κ2) is 4.75. The zero-order chi connectivity index (χ0) is 13.2. The number of nitro benzene ring substituents is 1. The van der Waals surface area contributed by atoms with Gasteiger partial charge in [0, 0.05) is 11.6 Å². The Morgan fingerprint density at radius 1 is 1.41 bits per heavy atom. The zero-order valence-electron chi connectivity index (χ0n) is 9.67. The van der Waals surface area contributed by atoms with Crippen LogP contribution in [-0.2, 0) is 6.42 Å². The van der Waals surface area contributed by atoms with E-state index in [2.05, 4.69) is 0 Å². The molecule has 0 amide bonds. The molecule has 1 rings (SSSR count). The molecule has 17 heavy (non-hydrogen) atoms. The lowest BCUT2D eigenvalue weighted by molar-refractivity contribution is -0.387. The van der Waals surface area contributed by atoms with Crippen LogP contribution in [0.3, 0.4) is 0 Å². The molecular formula is C11H14F2N2O2. The summed E-state index contributed by atoms with van der Waals surface area (Å²) in [6.45, 7) is 3.71. The van der Waals surface area contributed by atoms with Gasteiger partial charge in [0.15, 0.2) is 0 Å². The highest BCUT2D eigenvalue weighted by Crippen LogP contribution is 2.28. The van der Waals surface area contributed by atoms with Crippen LogP contribution < -0.4 is 5.73 Å². The monoisotopic (exact) mass is 244 g/mol. The van der Waals surface area contributed by atoms with Crippen LogP contribution >= 0.6 is 0 Å². The third-order valence-electron chi connectivity index (χ3n) is 2.57. The van der Waals surface area contributed by atoms with Crippen LogP contribution in [0.2, 0.25) is 0 Å². The Bertz CT molecular complexity index is 447. The van der Waals surface area contributed by atoms with Crippen molar-refractivity contribution < 1.29 is 13.7 Å². The number of halogens is 2. The predicted molar refractivity (Wildman–Crippen MR) is 59.6 cm³/mol. The first kappa shape index (κ1) is 13.5. The third-order valence-corrected chi connectivity index (χ3v) is 2.57. The fourth-order valence-electron chi connectivity index (χ4n) is 1.44. The molecule has 0 aliphatic heterocycles. The maximum Gasteiger partial charge on any atom is 0.305 e. The summed E-state index contributed by atoms with van der Waals surface area (Å²) in [6, 6.07) is 1.73. The lowest BCUT2D eigenvalue weighted by Crippen LogP contribution is -2.27. The second-order valence-electron chi connectivity index (χ2n) is 4.66. The Labute approximate surface area is 97.6 Å². The smallest absolute Gasteiger partial charge is 0.305 e. The number of nitrogens with two attached hydrogens (primary N) is 1. The van der Waals surface area contributed by atoms with E-state index in [0.717, 1.165) is 12.1 Å². The van der Waals surface area contributed by atoms with Gasteiger partial charge >= 0.3 is 5.69 Å². The minimum absolute atomic E-state index is 0.0167. The average molecular weight is 244 g/mol. The Hall–Kier alpha value is -1.56. The Kier molecular flexibility index (Phi) is 3.77. The highest BCUT2D eigenvalue weighted by Gasteiger charge is 2.26. The van der Waals surface area contributed by atoms with E-state index in [0.29, 0.717) is 0 Å². The van der Waals surface area contributed by atoms with E-state index in [4.69, 9.17) is 5.73 Å². The predicted octanol–water partition coefficient (Wildman–Crippen LogP) is 2.40. The van der Waals surface area contributed by atoms with Crippen LogP contribution in [0.1, 0.15) is 19.4 Å². The summed E-state index contributed by atoms with van der Waals surface area (Å²) in [5.41, 5.74) is 3.96. The van der Waals surface area contributed by atoms with Crippen LogP contribution in [-0.4, -0.2) is 11.5 Å². The fourth-order valence-corrected chi connectivity index (χ4v) is 1.44. The van der Waals surface area contributed by atoms with Crippen molar-refractivity contribution in [3.8, 4) is 0 Å². The highest BCUT2D eigenvalue weighted by molar-refractivity contribution is 5.38.